The largest absolute Gasteiger partial charge is 0.392 e. The summed E-state index contributed by atoms with van der Waals surface area (Å²) in [6.07, 6.45) is 0. The van der Waals surface area contributed by atoms with Crippen molar-refractivity contribution in [2.24, 2.45) is 0 Å². The van der Waals surface area contributed by atoms with E-state index < -0.39 is 11.3 Å². The number of halogens is 3. The lowest BCUT2D eigenvalue weighted by atomic mass is 10.2. The monoisotopic (exact) mass is 420 g/mol. The Morgan fingerprint density at radius 1 is 1.13 bits per heavy atom. The molecule has 0 aliphatic carbocycles. The van der Waals surface area contributed by atoms with E-state index in [0.717, 1.165) is 0 Å². The van der Waals surface area contributed by atoms with E-state index >= 15 is 0 Å². The van der Waals surface area contributed by atoms with Crippen LogP contribution in [0, 0.1) is 0 Å². The van der Waals surface area contributed by atoms with E-state index in [1.807, 2.05) is 0 Å². The molecule has 0 saturated carbocycles. The number of hydrogen-bond acceptors (Lipinski definition) is 3. The molecule has 84 valence electrons. The number of hydrogen-bond donors (Lipinski definition) is 1. The SMILES string of the molecule is O=S(=O)(c1ccc(CO)cc1)C(Br)(Br)Br. The van der Waals surface area contributed by atoms with Crippen molar-refractivity contribution in [3.8, 4) is 0 Å². The van der Waals surface area contributed by atoms with E-state index in [1.165, 1.54) is 12.1 Å². The van der Waals surface area contributed by atoms with Crippen molar-refractivity contribution in [2.45, 2.75) is 13.0 Å². The Hall–Kier alpha value is 0.570. The van der Waals surface area contributed by atoms with E-state index in [2.05, 4.69) is 47.8 Å². The minimum atomic E-state index is -3.53. The van der Waals surface area contributed by atoms with Crippen molar-refractivity contribution < 1.29 is 13.5 Å². The molecule has 7 heteroatoms. The zero-order valence-electron chi connectivity index (χ0n) is 7.32. The van der Waals surface area contributed by atoms with Gasteiger partial charge in [0.1, 0.15) is 0 Å². The first-order valence-electron chi connectivity index (χ1n) is 3.80. The molecule has 1 aromatic carbocycles. The molecule has 0 atom stereocenters. The van der Waals surface area contributed by atoms with Gasteiger partial charge in [0.25, 0.3) is 0 Å². The second-order valence-electron chi connectivity index (χ2n) is 2.75. The van der Waals surface area contributed by atoms with E-state index in [4.69, 9.17) is 5.11 Å². The Kier molecular flexibility index (Phi) is 4.39. The highest BCUT2D eigenvalue weighted by Crippen LogP contribution is 2.43. The Morgan fingerprint density at radius 3 is 1.93 bits per heavy atom. The van der Waals surface area contributed by atoms with Crippen molar-refractivity contribution in [3.63, 3.8) is 0 Å². The average molecular weight is 423 g/mol. The van der Waals surface area contributed by atoms with Gasteiger partial charge in [-0.25, -0.2) is 8.42 Å². The van der Waals surface area contributed by atoms with Gasteiger partial charge in [-0.2, -0.15) is 0 Å². The second kappa shape index (κ2) is 4.83. The first-order valence-corrected chi connectivity index (χ1v) is 7.66. The minimum absolute atomic E-state index is 0.109. The Morgan fingerprint density at radius 2 is 1.60 bits per heavy atom. The van der Waals surface area contributed by atoms with Crippen LogP contribution in [0.15, 0.2) is 29.2 Å². The lowest BCUT2D eigenvalue weighted by Crippen LogP contribution is -2.17. The highest BCUT2D eigenvalue weighted by Gasteiger charge is 2.37. The van der Waals surface area contributed by atoms with Crippen LogP contribution in [0.5, 0.6) is 0 Å². The van der Waals surface area contributed by atoms with E-state index in [0.29, 0.717) is 5.56 Å². The predicted octanol–water partition coefficient (Wildman–Crippen LogP) is 2.75. The number of alkyl halides is 3. The van der Waals surface area contributed by atoms with Crippen LogP contribution in [0.2, 0.25) is 0 Å². The summed E-state index contributed by atoms with van der Waals surface area (Å²) in [7, 11) is -3.53. The zero-order valence-corrected chi connectivity index (χ0v) is 12.9. The molecule has 0 spiro atoms. The van der Waals surface area contributed by atoms with Gasteiger partial charge in [-0.05, 0) is 65.5 Å². The number of aliphatic hydroxyl groups is 1. The molecule has 0 saturated heterocycles. The normalized spacial score (nSPS) is 12.8. The third-order valence-corrected chi connectivity index (χ3v) is 7.06. The lowest BCUT2D eigenvalue weighted by molar-refractivity contribution is 0.282. The first kappa shape index (κ1) is 13.6. The number of aliphatic hydroxyl groups excluding tert-OH is 1. The molecule has 0 aromatic heterocycles. The maximum Gasteiger partial charge on any atom is 0.239 e. The highest BCUT2D eigenvalue weighted by atomic mass is 80.0. The fraction of sp³-hybridized carbons (Fsp3) is 0.250. The van der Waals surface area contributed by atoms with Crippen molar-refractivity contribution >= 4 is 57.6 Å². The number of sulfone groups is 1. The van der Waals surface area contributed by atoms with Crippen LogP contribution in [-0.2, 0) is 16.4 Å². The highest BCUT2D eigenvalue weighted by molar-refractivity contribution is 9.42. The molecular formula is C8H7Br3O3S. The summed E-state index contributed by atoms with van der Waals surface area (Å²) in [4.78, 5) is 0.158. The molecule has 15 heavy (non-hydrogen) atoms. The molecule has 0 fully saturated rings. The second-order valence-corrected chi connectivity index (χ2v) is 13.2. The van der Waals surface area contributed by atoms with Crippen LogP contribution in [0.4, 0.5) is 0 Å². The molecule has 0 aliphatic rings. The molecule has 0 amide bonds. The molecule has 1 N–H and O–H groups in total. The predicted molar refractivity (Wildman–Crippen MR) is 69.1 cm³/mol. The molecule has 1 rings (SSSR count). The van der Waals surface area contributed by atoms with Gasteiger partial charge < -0.3 is 5.11 Å². The van der Waals surface area contributed by atoms with Gasteiger partial charge in [0, 0.05) is 0 Å². The van der Waals surface area contributed by atoms with E-state index in [1.54, 1.807) is 12.1 Å². The fourth-order valence-electron chi connectivity index (χ4n) is 0.908. The molecule has 0 radical (unpaired) electrons. The van der Waals surface area contributed by atoms with E-state index in [-0.39, 0.29) is 11.5 Å². The van der Waals surface area contributed by atoms with Gasteiger partial charge in [0.05, 0.1) is 11.5 Å². The van der Waals surface area contributed by atoms with Gasteiger partial charge in [0.15, 0.2) is 0 Å². The summed E-state index contributed by atoms with van der Waals surface area (Å²) < 4.78 is 22.3. The van der Waals surface area contributed by atoms with Crippen LogP contribution in [0.25, 0.3) is 0 Å². The molecule has 0 unspecified atom stereocenters. The zero-order chi connectivity index (χ0) is 11.7. The average Bonchev–Trinajstić information content (AvgIpc) is 2.16. The van der Waals surface area contributed by atoms with Crippen LogP contribution >= 0.6 is 47.8 Å². The fourth-order valence-corrected chi connectivity index (χ4v) is 3.35. The van der Waals surface area contributed by atoms with Gasteiger partial charge in [-0.15, -0.1) is 0 Å². The smallest absolute Gasteiger partial charge is 0.239 e. The summed E-state index contributed by atoms with van der Waals surface area (Å²) in [5.74, 6) is 0. The quantitative estimate of drug-likeness (QED) is 0.745. The summed E-state index contributed by atoms with van der Waals surface area (Å²) in [5, 5.41) is 8.81. The lowest BCUT2D eigenvalue weighted by Gasteiger charge is -2.13. The summed E-state index contributed by atoms with van der Waals surface area (Å²) in [5.41, 5.74) is 0.665. The molecule has 1 aromatic rings. The number of rotatable bonds is 2. The van der Waals surface area contributed by atoms with E-state index in [9.17, 15) is 8.42 Å². The first-order chi connectivity index (χ1) is 6.79. The minimum Gasteiger partial charge on any atom is -0.392 e. The van der Waals surface area contributed by atoms with Crippen LogP contribution in [0.1, 0.15) is 5.56 Å². The third-order valence-electron chi connectivity index (χ3n) is 1.72. The van der Waals surface area contributed by atoms with Gasteiger partial charge in [-0.3, -0.25) is 0 Å². The standard InChI is InChI=1S/C8H7Br3O3S/c9-8(10,11)15(13,14)7-3-1-6(5-12)2-4-7/h1-4,12H,5H2. The maximum atomic E-state index is 11.9. The summed E-state index contributed by atoms with van der Waals surface area (Å²) >= 11 is 8.91. The molecule has 0 bridgehead atoms. The molecular weight excluding hydrogens is 416 g/mol. The Labute approximate surface area is 113 Å². The van der Waals surface area contributed by atoms with Crippen molar-refractivity contribution in [1.29, 1.82) is 0 Å². The molecule has 0 aliphatic heterocycles. The van der Waals surface area contributed by atoms with Gasteiger partial charge in [-0.1, -0.05) is 12.1 Å². The van der Waals surface area contributed by atoms with Crippen molar-refractivity contribution in [1.82, 2.24) is 0 Å². The Balaban J connectivity index is 3.18. The van der Waals surface area contributed by atoms with Gasteiger partial charge in [0.2, 0.25) is 11.3 Å². The Bertz CT molecular complexity index is 433. The summed E-state index contributed by atoms with van der Waals surface area (Å²) in [6, 6.07) is 6.01. The molecule has 3 nitrogen and oxygen atoms in total. The van der Waals surface area contributed by atoms with Gasteiger partial charge >= 0.3 is 0 Å². The van der Waals surface area contributed by atoms with Crippen LogP contribution in [-0.4, -0.2) is 15.0 Å². The van der Waals surface area contributed by atoms with Crippen molar-refractivity contribution in [3.05, 3.63) is 29.8 Å². The van der Waals surface area contributed by atoms with Crippen LogP contribution < -0.4 is 0 Å². The van der Waals surface area contributed by atoms with Crippen molar-refractivity contribution in [2.75, 3.05) is 0 Å². The number of benzene rings is 1. The molecule has 0 heterocycles. The topological polar surface area (TPSA) is 54.4 Å². The van der Waals surface area contributed by atoms with Crippen LogP contribution in [0.3, 0.4) is 0 Å². The third kappa shape index (κ3) is 3.03. The summed E-state index contributed by atoms with van der Waals surface area (Å²) in [6.45, 7) is -0.109. The maximum absolute atomic E-state index is 11.9.